The zero-order valence-electron chi connectivity index (χ0n) is 11.1. The van der Waals surface area contributed by atoms with Crippen LogP contribution in [0.5, 0.6) is 0 Å². The second-order valence-electron chi connectivity index (χ2n) is 4.60. The molecule has 0 aliphatic carbocycles. The number of rotatable bonds is 4. The van der Waals surface area contributed by atoms with Crippen LogP contribution < -0.4 is 5.32 Å². The summed E-state index contributed by atoms with van der Waals surface area (Å²) in [6, 6.07) is 6.21. The molecule has 1 aliphatic rings. The van der Waals surface area contributed by atoms with E-state index in [0.29, 0.717) is 19.7 Å². The average Bonchev–Trinajstić information content (AvgIpc) is 2.45. The third-order valence-electron chi connectivity index (χ3n) is 3.25. The molecule has 0 saturated carbocycles. The van der Waals surface area contributed by atoms with E-state index < -0.39 is 6.10 Å². The standard InChI is InChI=1S/C14H19FN2O2/c1-2-17-6-7-19-13(10-17)14(18)16-9-11-4-3-5-12(15)8-11/h3-5,8,13H,2,6-7,9-10H2,1H3,(H,16,18). The van der Waals surface area contributed by atoms with E-state index in [0.717, 1.165) is 18.7 Å². The van der Waals surface area contributed by atoms with Gasteiger partial charge >= 0.3 is 0 Å². The number of likely N-dealkylation sites (N-methyl/N-ethyl adjacent to an activating group) is 1. The fraction of sp³-hybridized carbons (Fsp3) is 0.500. The van der Waals surface area contributed by atoms with Crippen molar-refractivity contribution in [2.45, 2.75) is 19.6 Å². The van der Waals surface area contributed by atoms with E-state index in [1.165, 1.54) is 12.1 Å². The molecule has 1 aliphatic heterocycles. The van der Waals surface area contributed by atoms with Gasteiger partial charge in [-0.1, -0.05) is 19.1 Å². The third kappa shape index (κ3) is 4.01. The Morgan fingerprint density at radius 3 is 3.16 bits per heavy atom. The molecule has 1 aromatic rings. The molecule has 0 bridgehead atoms. The van der Waals surface area contributed by atoms with Gasteiger partial charge in [-0.25, -0.2) is 4.39 Å². The topological polar surface area (TPSA) is 41.6 Å². The summed E-state index contributed by atoms with van der Waals surface area (Å²) in [6.07, 6.45) is -0.428. The Balaban J connectivity index is 1.84. The molecule has 1 saturated heterocycles. The van der Waals surface area contributed by atoms with Crippen molar-refractivity contribution in [2.24, 2.45) is 0 Å². The number of hydrogen-bond donors (Lipinski definition) is 1. The van der Waals surface area contributed by atoms with Crippen molar-refractivity contribution in [3.63, 3.8) is 0 Å². The van der Waals surface area contributed by atoms with Crippen molar-refractivity contribution < 1.29 is 13.9 Å². The van der Waals surface area contributed by atoms with Crippen molar-refractivity contribution in [3.8, 4) is 0 Å². The lowest BCUT2D eigenvalue weighted by Gasteiger charge is -2.31. The Morgan fingerprint density at radius 1 is 1.58 bits per heavy atom. The van der Waals surface area contributed by atoms with E-state index >= 15 is 0 Å². The second kappa shape index (κ2) is 6.63. The maximum absolute atomic E-state index is 13.0. The van der Waals surface area contributed by atoms with E-state index in [1.54, 1.807) is 12.1 Å². The van der Waals surface area contributed by atoms with Crippen molar-refractivity contribution in [1.82, 2.24) is 10.2 Å². The van der Waals surface area contributed by atoms with Crippen molar-refractivity contribution in [2.75, 3.05) is 26.2 Å². The zero-order chi connectivity index (χ0) is 13.7. The van der Waals surface area contributed by atoms with Gasteiger partial charge in [0.15, 0.2) is 0 Å². The number of hydrogen-bond acceptors (Lipinski definition) is 3. The van der Waals surface area contributed by atoms with Crippen LogP contribution in [0.1, 0.15) is 12.5 Å². The number of amides is 1. The van der Waals surface area contributed by atoms with Crippen LogP contribution in [0, 0.1) is 5.82 Å². The van der Waals surface area contributed by atoms with Crippen LogP contribution in [0.3, 0.4) is 0 Å². The molecule has 0 aromatic heterocycles. The van der Waals surface area contributed by atoms with Gasteiger partial charge in [0, 0.05) is 19.6 Å². The molecular formula is C14H19FN2O2. The zero-order valence-corrected chi connectivity index (χ0v) is 11.1. The molecule has 1 heterocycles. The van der Waals surface area contributed by atoms with Crippen LogP contribution in [-0.4, -0.2) is 43.2 Å². The fourth-order valence-corrected chi connectivity index (χ4v) is 2.10. The van der Waals surface area contributed by atoms with E-state index in [9.17, 15) is 9.18 Å². The highest BCUT2D eigenvalue weighted by Gasteiger charge is 2.25. The molecule has 5 heteroatoms. The summed E-state index contributed by atoms with van der Waals surface area (Å²) in [5.74, 6) is -0.430. The Labute approximate surface area is 112 Å². The van der Waals surface area contributed by atoms with Crippen LogP contribution in [0.15, 0.2) is 24.3 Å². The van der Waals surface area contributed by atoms with Gasteiger partial charge in [0.05, 0.1) is 6.61 Å². The molecule has 1 atom stereocenters. The molecule has 2 rings (SSSR count). The van der Waals surface area contributed by atoms with Crippen molar-refractivity contribution >= 4 is 5.91 Å². The maximum Gasteiger partial charge on any atom is 0.250 e. The third-order valence-corrected chi connectivity index (χ3v) is 3.25. The van der Waals surface area contributed by atoms with Gasteiger partial charge in [0.1, 0.15) is 11.9 Å². The summed E-state index contributed by atoms with van der Waals surface area (Å²) < 4.78 is 18.5. The molecular weight excluding hydrogens is 247 g/mol. The number of nitrogens with one attached hydrogen (secondary N) is 1. The molecule has 104 valence electrons. The first kappa shape index (κ1) is 14.0. The molecule has 1 aromatic carbocycles. The van der Waals surface area contributed by atoms with Gasteiger partial charge < -0.3 is 10.1 Å². The smallest absolute Gasteiger partial charge is 0.250 e. The average molecular weight is 266 g/mol. The SMILES string of the molecule is CCN1CCOC(C(=O)NCc2cccc(F)c2)C1. The molecule has 1 fully saturated rings. The molecule has 4 nitrogen and oxygen atoms in total. The summed E-state index contributed by atoms with van der Waals surface area (Å²) >= 11 is 0. The second-order valence-corrected chi connectivity index (χ2v) is 4.60. The predicted molar refractivity (Wildman–Crippen MR) is 70.1 cm³/mol. The van der Waals surface area contributed by atoms with Gasteiger partial charge in [-0.15, -0.1) is 0 Å². The van der Waals surface area contributed by atoms with Crippen molar-refractivity contribution in [1.29, 1.82) is 0 Å². The highest BCUT2D eigenvalue weighted by Crippen LogP contribution is 2.06. The van der Waals surface area contributed by atoms with Crippen LogP contribution in [0.2, 0.25) is 0 Å². The van der Waals surface area contributed by atoms with E-state index in [4.69, 9.17) is 4.74 Å². The fourth-order valence-electron chi connectivity index (χ4n) is 2.10. The molecule has 0 spiro atoms. The Kier molecular flexibility index (Phi) is 4.87. The van der Waals surface area contributed by atoms with Gasteiger partial charge in [-0.3, -0.25) is 9.69 Å². The van der Waals surface area contributed by atoms with E-state index in [2.05, 4.69) is 17.1 Å². The quantitative estimate of drug-likeness (QED) is 0.889. The van der Waals surface area contributed by atoms with Crippen molar-refractivity contribution in [3.05, 3.63) is 35.6 Å². The lowest BCUT2D eigenvalue weighted by molar-refractivity contribution is -0.138. The molecule has 19 heavy (non-hydrogen) atoms. The maximum atomic E-state index is 13.0. The number of nitrogens with zero attached hydrogens (tertiary/aromatic N) is 1. The minimum absolute atomic E-state index is 0.137. The molecule has 1 amide bonds. The summed E-state index contributed by atoms with van der Waals surface area (Å²) in [4.78, 5) is 14.1. The highest BCUT2D eigenvalue weighted by molar-refractivity contribution is 5.81. The molecule has 0 radical (unpaired) electrons. The molecule has 1 N–H and O–H groups in total. The number of morpholine rings is 1. The monoisotopic (exact) mass is 266 g/mol. The first-order valence-corrected chi connectivity index (χ1v) is 6.55. The van der Waals surface area contributed by atoms with E-state index in [1.807, 2.05) is 0 Å². The highest BCUT2D eigenvalue weighted by atomic mass is 19.1. The predicted octanol–water partition coefficient (Wildman–Crippen LogP) is 1.16. The van der Waals surface area contributed by atoms with Gasteiger partial charge in [0.2, 0.25) is 0 Å². The summed E-state index contributed by atoms with van der Waals surface area (Å²) in [7, 11) is 0. The minimum Gasteiger partial charge on any atom is -0.366 e. The number of halogens is 1. The Bertz CT molecular complexity index is 439. The molecule has 1 unspecified atom stereocenters. The normalized spacial score (nSPS) is 20.2. The minimum atomic E-state index is -0.428. The van der Waals surface area contributed by atoms with Crippen LogP contribution in [-0.2, 0) is 16.1 Å². The Hall–Kier alpha value is -1.46. The lowest BCUT2D eigenvalue weighted by atomic mass is 10.2. The van der Waals surface area contributed by atoms with Gasteiger partial charge in [-0.05, 0) is 24.2 Å². The summed E-state index contributed by atoms with van der Waals surface area (Å²) in [6.45, 7) is 5.36. The number of benzene rings is 1. The first-order valence-electron chi connectivity index (χ1n) is 6.55. The largest absolute Gasteiger partial charge is 0.366 e. The number of carbonyl (C=O) groups excluding carboxylic acids is 1. The summed E-state index contributed by atoms with van der Waals surface area (Å²) in [5.41, 5.74) is 0.747. The Morgan fingerprint density at radius 2 is 2.42 bits per heavy atom. The first-order chi connectivity index (χ1) is 9.19. The number of carbonyl (C=O) groups is 1. The van der Waals surface area contributed by atoms with Crippen LogP contribution >= 0.6 is 0 Å². The lowest BCUT2D eigenvalue weighted by Crippen LogP contribution is -2.49. The van der Waals surface area contributed by atoms with Crippen LogP contribution in [0.4, 0.5) is 4.39 Å². The van der Waals surface area contributed by atoms with Gasteiger partial charge in [-0.2, -0.15) is 0 Å². The number of ether oxygens (including phenoxy) is 1. The van der Waals surface area contributed by atoms with E-state index in [-0.39, 0.29) is 11.7 Å². The van der Waals surface area contributed by atoms with Crippen LogP contribution in [0.25, 0.3) is 0 Å². The van der Waals surface area contributed by atoms with Gasteiger partial charge in [0.25, 0.3) is 5.91 Å². The summed E-state index contributed by atoms with van der Waals surface area (Å²) in [5, 5.41) is 2.78.